The van der Waals surface area contributed by atoms with Crippen LogP contribution < -0.4 is 5.32 Å². The van der Waals surface area contributed by atoms with Gasteiger partial charge in [0, 0.05) is 11.7 Å². The van der Waals surface area contributed by atoms with Gasteiger partial charge in [-0.15, -0.1) is 0 Å². The van der Waals surface area contributed by atoms with Gasteiger partial charge in [0.1, 0.15) is 5.82 Å². The molecule has 0 aromatic heterocycles. The Morgan fingerprint density at radius 2 is 1.94 bits per heavy atom. The van der Waals surface area contributed by atoms with Crippen molar-refractivity contribution in [2.75, 3.05) is 5.32 Å². The Morgan fingerprint density at radius 3 is 2.56 bits per heavy atom. The van der Waals surface area contributed by atoms with Gasteiger partial charge in [0.25, 0.3) is 0 Å². The van der Waals surface area contributed by atoms with Crippen LogP contribution >= 0.6 is 0 Å². The number of rotatable bonds is 4. The van der Waals surface area contributed by atoms with Crippen LogP contribution in [0.3, 0.4) is 0 Å². The SMILES string of the molecule is CCCC1CCC(Nc2ccc(F)cc2C)CC1. The van der Waals surface area contributed by atoms with E-state index in [-0.39, 0.29) is 5.82 Å². The minimum atomic E-state index is -0.148. The lowest BCUT2D eigenvalue weighted by Gasteiger charge is -2.30. The second kappa shape index (κ2) is 6.21. The van der Waals surface area contributed by atoms with Gasteiger partial charge in [-0.3, -0.25) is 0 Å². The normalized spacial score (nSPS) is 23.9. The van der Waals surface area contributed by atoms with Crippen molar-refractivity contribution >= 4 is 5.69 Å². The van der Waals surface area contributed by atoms with E-state index in [9.17, 15) is 4.39 Å². The Labute approximate surface area is 110 Å². The van der Waals surface area contributed by atoms with Crippen LogP contribution in [0, 0.1) is 18.7 Å². The molecule has 0 spiro atoms. The van der Waals surface area contributed by atoms with E-state index in [2.05, 4.69) is 12.2 Å². The first kappa shape index (κ1) is 13.4. The molecule has 0 amide bonds. The maximum absolute atomic E-state index is 13.0. The summed E-state index contributed by atoms with van der Waals surface area (Å²) in [6.07, 6.45) is 7.86. The molecule has 0 heterocycles. The van der Waals surface area contributed by atoms with Crippen molar-refractivity contribution in [1.82, 2.24) is 0 Å². The van der Waals surface area contributed by atoms with Crippen LogP contribution in [-0.2, 0) is 0 Å². The third-order valence-corrected chi connectivity index (χ3v) is 4.09. The lowest BCUT2D eigenvalue weighted by Crippen LogP contribution is -2.26. The summed E-state index contributed by atoms with van der Waals surface area (Å²) in [6.45, 7) is 4.24. The van der Waals surface area contributed by atoms with Gasteiger partial charge < -0.3 is 5.32 Å². The van der Waals surface area contributed by atoms with Crippen LogP contribution in [-0.4, -0.2) is 6.04 Å². The monoisotopic (exact) mass is 249 g/mol. The van der Waals surface area contributed by atoms with Crippen LogP contribution in [0.15, 0.2) is 18.2 Å². The Balaban J connectivity index is 1.87. The fourth-order valence-corrected chi connectivity index (χ4v) is 3.01. The standard InChI is InChI=1S/C16H24FN/c1-3-4-13-5-8-15(9-6-13)18-16-10-7-14(17)11-12(16)2/h7,10-11,13,15,18H,3-6,8-9H2,1-2H3. The number of nitrogens with one attached hydrogen (secondary N) is 1. The molecular formula is C16H24FN. The molecule has 0 saturated heterocycles. The van der Waals surface area contributed by atoms with Crippen LogP contribution in [0.5, 0.6) is 0 Å². The van der Waals surface area contributed by atoms with E-state index in [1.807, 2.05) is 13.0 Å². The average Bonchev–Trinajstić information content (AvgIpc) is 2.35. The minimum Gasteiger partial charge on any atom is -0.382 e. The molecule has 0 bridgehead atoms. The van der Waals surface area contributed by atoms with Crippen LogP contribution in [0.25, 0.3) is 0 Å². The number of hydrogen-bond acceptors (Lipinski definition) is 1. The summed E-state index contributed by atoms with van der Waals surface area (Å²) in [5.41, 5.74) is 2.10. The molecule has 2 heteroatoms. The zero-order chi connectivity index (χ0) is 13.0. The average molecular weight is 249 g/mol. The summed E-state index contributed by atoms with van der Waals surface area (Å²) in [7, 11) is 0. The van der Waals surface area contributed by atoms with Gasteiger partial charge >= 0.3 is 0 Å². The molecule has 1 aromatic carbocycles. The number of hydrogen-bond donors (Lipinski definition) is 1. The molecule has 1 saturated carbocycles. The van der Waals surface area contributed by atoms with Gasteiger partial charge in [-0.25, -0.2) is 4.39 Å². The first-order chi connectivity index (χ1) is 8.69. The van der Waals surface area contributed by atoms with Gasteiger partial charge in [-0.2, -0.15) is 0 Å². The Morgan fingerprint density at radius 1 is 1.22 bits per heavy atom. The number of halogens is 1. The summed E-state index contributed by atoms with van der Waals surface area (Å²) in [4.78, 5) is 0. The molecule has 1 aromatic rings. The fourth-order valence-electron chi connectivity index (χ4n) is 3.01. The molecule has 2 rings (SSSR count). The molecule has 100 valence electrons. The molecule has 1 aliphatic rings. The Bertz CT molecular complexity index is 381. The molecule has 18 heavy (non-hydrogen) atoms. The second-order valence-corrected chi connectivity index (χ2v) is 5.61. The van der Waals surface area contributed by atoms with Crippen molar-refractivity contribution < 1.29 is 4.39 Å². The van der Waals surface area contributed by atoms with Gasteiger partial charge in [0.15, 0.2) is 0 Å². The van der Waals surface area contributed by atoms with E-state index >= 15 is 0 Å². The molecule has 1 nitrogen and oxygen atoms in total. The van der Waals surface area contributed by atoms with Gasteiger partial charge in [-0.1, -0.05) is 19.8 Å². The van der Waals surface area contributed by atoms with Crippen molar-refractivity contribution in [3.05, 3.63) is 29.6 Å². The summed E-state index contributed by atoms with van der Waals surface area (Å²) in [5, 5.41) is 3.57. The second-order valence-electron chi connectivity index (χ2n) is 5.61. The van der Waals surface area contributed by atoms with Crippen LogP contribution in [0.4, 0.5) is 10.1 Å². The van der Waals surface area contributed by atoms with Crippen molar-refractivity contribution in [2.45, 2.75) is 58.4 Å². The minimum absolute atomic E-state index is 0.148. The predicted octanol–water partition coefficient (Wildman–Crippen LogP) is 4.90. The highest BCUT2D eigenvalue weighted by atomic mass is 19.1. The van der Waals surface area contributed by atoms with Gasteiger partial charge in [0.05, 0.1) is 0 Å². The zero-order valence-electron chi connectivity index (χ0n) is 11.5. The highest BCUT2D eigenvalue weighted by molar-refractivity contribution is 5.51. The predicted molar refractivity (Wildman–Crippen MR) is 75.4 cm³/mol. The van der Waals surface area contributed by atoms with Crippen molar-refractivity contribution in [3.8, 4) is 0 Å². The quantitative estimate of drug-likeness (QED) is 0.800. The van der Waals surface area contributed by atoms with Crippen molar-refractivity contribution in [2.24, 2.45) is 5.92 Å². The van der Waals surface area contributed by atoms with Crippen molar-refractivity contribution in [3.63, 3.8) is 0 Å². The fraction of sp³-hybridized carbons (Fsp3) is 0.625. The maximum Gasteiger partial charge on any atom is 0.123 e. The molecule has 1 N–H and O–H groups in total. The lowest BCUT2D eigenvalue weighted by molar-refractivity contribution is 0.319. The van der Waals surface area contributed by atoms with Crippen LogP contribution in [0.1, 0.15) is 51.0 Å². The maximum atomic E-state index is 13.0. The largest absolute Gasteiger partial charge is 0.382 e. The summed E-state index contributed by atoms with van der Waals surface area (Å²) in [6, 6.07) is 5.58. The number of anilines is 1. The Kier molecular flexibility index (Phi) is 4.62. The highest BCUT2D eigenvalue weighted by Crippen LogP contribution is 2.30. The number of aryl methyl sites for hydroxylation is 1. The third-order valence-electron chi connectivity index (χ3n) is 4.09. The molecule has 1 aliphatic carbocycles. The smallest absolute Gasteiger partial charge is 0.123 e. The van der Waals surface area contributed by atoms with E-state index in [4.69, 9.17) is 0 Å². The van der Waals surface area contributed by atoms with E-state index in [0.29, 0.717) is 6.04 Å². The molecule has 0 aliphatic heterocycles. The first-order valence-electron chi connectivity index (χ1n) is 7.21. The first-order valence-corrected chi connectivity index (χ1v) is 7.21. The highest BCUT2D eigenvalue weighted by Gasteiger charge is 2.20. The van der Waals surface area contributed by atoms with Gasteiger partial charge in [0.2, 0.25) is 0 Å². The zero-order valence-corrected chi connectivity index (χ0v) is 11.5. The van der Waals surface area contributed by atoms with E-state index < -0.39 is 0 Å². The van der Waals surface area contributed by atoms with Gasteiger partial charge in [-0.05, 0) is 62.3 Å². The molecule has 0 radical (unpaired) electrons. The van der Waals surface area contributed by atoms with E-state index in [1.165, 1.54) is 44.6 Å². The molecule has 0 atom stereocenters. The number of benzene rings is 1. The van der Waals surface area contributed by atoms with Crippen molar-refractivity contribution in [1.29, 1.82) is 0 Å². The molecule has 0 unspecified atom stereocenters. The Hall–Kier alpha value is -1.05. The van der Waals surface area contributed by atoms with Crippen LogP contribution in [0.2, 0.25) is 0 Å². The molecular weight excluding hydrogens is 225 g/mol. The summed E-state index contributed by atoms with van der Waals surface area (Å²) < 4.78 is 13.0. The third kappa shape index (κ3) is 3.47. The summed E-state index contributed by atoms with van der Waals surface area (Å²) >= 11 is 0. The molecule has 1 fully saturated rings. The topological polar surface area (TPSA) is 12.0 Å². The van der Waals surface area contributed by atoms with E-state index in [0.717, 1.165) is 17.2 Å². The van der Waals surface area contributed by atoms with E-state index in [1.54, 1.807) is 6.07 Å². The lowest BCUT2D eigenvalue weighted by atomic mass is 9.83. The summed E-state index contributed by atoms with van der Waals surface area (Å²) in [5.74, 6) is 0.784.